The maximum Gasteiger partial charge on any atom is 0.314 e. The Morgan fingerprint density at radius 2 is 1.93 bits per heavy atom. The van der Waals surface area contributed by atoms with Gasteiger partial charge in [-0.25, -0.2) is 0 Å². The molecule has 0 aromatic heterocycles. The fourth-order valence-corrected chi connectivity index (χ4v) is 2.58. The van der Waals surface area contributed by atoms with Crippen LogP contribution >= 0.6 is 0 Å². The zero-order chi connectivity index (χ0) is 21.4. The molecular weight excluding hydrogens is 378 g/mol. The minimum atomic E-state index is -0.620. The lowest BCUT2D eigenvalue weighted by atomic mass is 10.1. The Bertz CT molecular complexity index is 900. The average Bonchev–Trinajstić information content (AvgIpc) is 2.71. The fourth-order valence-electron chi connectivity index (χ4n) is 2.58. The predicted octanol–water partition coefficient (Wildman–Crippen LogP) is 2.64. The number of ether oxygens (including phenoxy) is 2. The number of nitrogens with one attached hydrogen (secondary N) is 1. The average molecular weight is 401 g/mol. The molecule has 29 heavy (non-hydrogen) atoms. The summed E-state index contributed by atoms with van der Waals surface area (Å²) in [5, 5.41) is 13.9. The number of carbonyl (C=O) groups excluding carboxylic acids is 2. The van der Waals surface area contributed by atoms with Crippen molar-refractivity contribution in [1.82, 2.24) is 4.90 Å². The van der Waals surface area contributed by atoms with Crippen molar-refractivity contribution in [1.29, 1.82) is 0 Å². The number of benzene rings is 2. The van der Waals surface area contributed by atoms with E-state index < -0.39 is 17.4 Å². The Morgan fingerprint density at radius 1 is 1.21 bits per heavy atom. The maximum absolute atomic E-state index is 12.3. The Morgan fingerprint density at radius 3 is 2.59 bits per heavy atom. The third-order valence-electron chi connectivity index (χ3n) is 4.19. The Balaban J connectivity index is 1.94. The summed E-state index contributed by atoms with van der Waals surface area (Å²) in [4.78, 5) is 36.2. The number of likely N-dealkylation sites (N-methyl/N-ethyl adjacent to an activating group) is 1. The first-order valence-electron chi connectivity index (χ1n) is 8.92. The topological polar surface area (TPSA) is 111 Å². The van der Waals surface area contributed by atoms with Crippen LogP contribution < -0.4 is 14.8 Å². The maximum atomic E-state index is 12.3. The number of carbonyl (C=O) groups is 2. The SMILES string of the molecule is CCc1ccccc1NC(=O)CN(C)C(=O)COc1ccc(OC)cc1[N+](=O)[O-]. The molecule has 2 aromatic carbocycles. The van der Waals surface area contributed by atoms with Gasteiger partial charge in [0.1, 0.15) is 5.75 Å². The Labute approximate surface area is 168 Å². The Hall–Kier alpha value is -3.62. The molecule has 2 aromatic rings. The van der Waals surface area contributed by atoms with Gasteiger partial charge in [0, 0.05) is 12.7 Å². The summed E-state index contributed by atoms with van der Waals surface area (Å²) in [6, 6.07) is 11.5. The first kappa shape index (κ1) is 21.7. The number of nitro benzene ring substituents is 1. The molecule has 9 heteroatoms. The van der Waals surface area contributed by atoms with E-state index in [0.29, 0.717) is 11.4 Å². The van der Waals surface area contributed by atoms with Gasteiger partial charge in [-0.05, 0) is 30.2 Å². The lowest BCUT2D eigenvalue weighted by Crippen LogP contribution is -2.37. The highest BCUT2D eigenvalue weighted by molar-refractivity contribution is 5.95. The van der Waals surface area contributed by atoms with Gasteiger partial charge in [-0.2, -0.15) is 0 Å². The molecule has 0 aliphatic rings. The molecule has 0 saturated heterocycles. The van der Waals surface area contributed by atoms with Gasteiger partial charge in [0.2, 0.25) is 5.91 Å². The Kier molecular flexibility index (Phi) is 7.53. The number of amides is 2. The van der Waals surface area contributed by atoms with Crippen LogP contribution in [0.2, 0.25) is 0 Å². The van der Waals surface area contributed by atoms with E-state index in [9.17, 15) is 19.7 Å². The van der Waals surface area contributed by atoms with Crippen molar-refractivity contribution >= 4 is 23.2 Å². The number of anilines is 1. The fraction of sp³-hybridized carbons (Fsp3) is 0.300. The van der Waals surface area contributed by atoms with Crippen molar-refractivity contribution < 1.29 is 24.0 Å². The number of rotatable bonds is 9. The van der Waals surface area contributed by atoms with E-state index in [2.05, 4.69) is 5.32 Å². The highest BCUT2D eigenvalue weighted by Gasteiger charge is 2.19. The van der Waals surface area contributed by atoms with Gasteiger partial charge in [-0.15, -0.1) is 0 Å². The van der Waals surface area contributed by atoms with Crippen LogP contribution in [0.1, 0.15) is 12.5 Å². The molecule has 0 aliphatic carbocycles. The summed E-state index contributed by atoms with van der Waals surface area (Å²) in [7, 11) is 2.85. The number of nitrogens with zero attached hydrogens (tertiary/aromatic N) is 2. The summed E-state index contributed by atoms with van der Waals surface area (Å²) in [5.74, 6) is -0.596. The molecule has 0 bridgehead atoms. The lowest BCUT2D eigenvalue weighted by Gasteiger charge is -2.18. The number of hydrogen-bond donors (Lipinski definition) is 1. The van der Waals surface area contributed by atoms with Crippen LogP contribution in [0.5, 0.6) is 11.5 Å². The molecular formula is C20H23N3O6. The number of para-hydroxylation sites is 1. The summed E-state index contributed by atoms with van der Waals surface area (Å²) in [5.41, 5.74) is 1.38. The van der Waals surface area contributed by atoms with Crippen molar-refractivity contribution in [3.63, 3.8) is 0 Å². The van der Waals surface area contributed by atoms with Gasteiger partial charge in [-0.3, -0.25) is 19.7 Å². The standard InChI is InChI=1S/C20H23N3O6/c1-4-14-7-5-6-8-16(14)21-19(24)12-22(2)20(25)13-29-18-10-9-15(28-3)11-17(18)23(26)27/h5-11H,4,12-13H2,1-3H3,(H,21,24). The van der Waals surface area contributed by atoms with Crippen molar-refractivity contribution in [2.75, 3.05) is 32.6 Å². The molecule has 9 nitrogen and oxygen atoms in total. The molecule has 0 radical (unpaired) electrons. The highest BCUT2D eigenvalue weighted by Crippen LogP contribution is 2.30. The zero-order valence-corrected chi connectivity index (χ0v) is 16.5. The zero-order valence-electron chi connectivity index (χ0n) is 16.5. The molecule has 0 heterocycles. The minimum absolute atomic E-state index is 0.0566. The van der Waals surface area contributed by atoms with E-state index >= 15 is 0 Å². The summed E-state index contributed by atoms with van der Waals surface area (Å²) in [6.07, 6.45) is 0.764. The second-order valence-electron chi connectivity index (χ2n) is 6.19. The van der Waals surface area contributed by atoms with Crippen LogP contribution in [0.3, 0.4) is 0 Å². The molecule has 0 unspecified atom stereocenters. The van der Waals surface area contributed by atoms with Gasteiger partial charge in [-0.1, -0.05) is 25.1 Å². The first-order chi connectivity index (χ1) is 13.8. The van der Waals surface area contributed by atoms with E-state index in [0.717, 1.165) is 12.0 Å². The van der Waals surface area contributed by atoms with Gasteiger partial charge >= 0.3 is 5.69 Å². The third kappa shape index (κ3) is 5.93. The smallest absolute Gasteiger partial charge is 0.314 e. The van der Waals surface area contributed by atoms with E-state index in [1.165, 1.54) is 37.3 Å². The highest BCUT2D eigenvalue weighted by atomic mass is 16.6. The van der Waals surface area contributed by atoms with Crippen LogP contribution in [0, 0.1) is 10.1 Å². The normalized spacial score (nSPS) is 10.2. The number of methoxy groups -OCH3 is 1. The van der Waals surface area contributed by atoms with Crippen LogP contribution in [0.25, 0.3) is 0 Å². The molecule has 0 aliphatic heterocycles. The largest absolute Gasteiger partial charge is 0.496 e. The number of aryl methyl sites for hydroxylation is 1. The van der Waals surface area contributed by atoms with Crippen molar-refractivity contribution in [2.24, 2.45) is 0 Å². The summed E-state index contributed by atoms with van der Waals surface area (Å²) in [6.45, 7) is 1.36. The molecule has 2 amide bonds. The first-order valence-corrected chi connectivity index (χ1v) is 8.92. The molecule has 2 rings (SSSR count). The van der Waals surface area contributed by atoms with E-state index in [1.807, 2.05) is 25.1 Å². The minimum Gasteiger partial charge on any atom is -0.496 e. The number of nitro groups is 1. The van der Waals surface area contributed by atoms with E-state index in [1.54, 1.807) is 6.07 Å². The quantitative estimate of drug-likeness (QED) is 0.511. The van der Waals surface area contributed by atoms with Crippen molar-refractivity contribution in [3.05, 3.63) is 58.1 Å². The second kappa shape index (κ2) is 10.1. The second-order valence-corrected chi connectivity index (χ2v) is 6.19. The lowest BCUT2D eigenvalue weighted by molar-refractivity contribution is -0.385. The number of hydrogen-bond acceptors (Lipinski definition) is 6. The van der Waals surface area contributed by atoms with Crippen LogP contribution in [0.4, 0.5) is 11.4 Å². The predicted molar refractivity (Wildman–Crippen MR) is 107 cm³/mol. The van der Waals surface area contributed by atoms with Crippen LogP contribution in [-0.4, -0.2) is 48.9 Å². The van der Waals surface area contributed by atoms with Crippen molar-refractivity contribution in [2.45, 2.75) is 13.3 Å². The van der Waals surface area contributed by atoms with Gasteiger partial charge < -0.3 is 19.7 Å². The van der Waals surface area contributed by atoms with E-state index in [4.69, 9.17) is 9.47 Å². The van der Waals surface area contributed by atoms with E-state index in [-0.39, 0.29) is 23.9 Å². The third-order valence-corrected chi connectivity index (χ3v) is 4.19. The summed E-state index contributed by atoms with van der Waals surface area (Å²) >= 11 is 0. The van der Waals surface area contributed by atoms with Crippen molar-refractivity contribution in [3.8, 4) is 11.5 Å². The molecule has 154 valence electrons. The molecule has 0 spiro atoms. The summed E-state index contributed by atoms with van der Waals surface area (Å²) < 4.78 is 10.3. The van der Waals surface area contributed by atoms with Gasteiger partial charge in [0.05, 0.1) is 24.6 Å². The van der Waals surface area contributed by atoms with Gasteiger partial charge in [0.15, 0.2) is 12.4 Å². The molecule has 0 fully saturated rings. The molecule has 0 saturated carbocycles. The molecule has 0 atom stereocenters. The monoisotopic (exact) mass is 401 g/mol. The van der Waals surface area contributed by atoms with Crippen LogP contribution in [0.15, 0.2) is 42.5 Å². The molecule has 1 N–H and O–H groups in total. The van der Waals surface area contributed by atoms with Crippen LogP contribution in [-0.2, 0) is 16.0 Å². The van der Waals surface area contributed by atoms with Gasteiger partial charge in [0.25, 0.3) is 5.91 Å².